The van der Waals surface area contributed by atoms with Crippen molar-refractivity contribution >= 4 is 11.6 Å². The molecule has 1 amide bonds. The van der Waals surface area contributed by atoms with Gasteiger partial charge in [-0.25, -0.2) is 0 Å². The molecule has 1 atom stereocenters. The third-order valence-electron chi connectivity index (χ3n) is 4.45. The molecule has 22 heavy (non-hydrogen) atoms. The Hall–Kier alpha value is -1.43. The van der Waals surface area contributed by atoms with Gasteiger partial charge in [-0.1, -0.05) is 12.1 Å². The maximum atomic E-state index is 12.0. The van der Waals surface area contributed by atoms with E-state index in [1.165, 1.54) is 5.56 Å². The van der Waals surface area contributed by atoms with Gasteiger partial charge in [0, 0.05) is 45.0 Å². The van der Waals surface area contributed by atoms with Crippen LogP contribution in [0.4, 0.5) is 5.69 Å². The first-order chi connectivity index (χ1) is 10.7. The van der Waals surface area contributed by atoms with Crippen LogP contribution in [0.25, 0.3) is 0 Å². The van der Waals surface area contributed by atoms with Gasteiger partial charge < -0.3 is 15.0 Å². The zero-order valence-electron chi connectivity index (χ0n) is 13.3. The molecule has 2 aliphatic heterocycles. The molecule has 1 N–H and O–H groups in total. The highest BCUT2D eigenvalue weighted by Gasteiger charge is 2.23. The highest BCUT2D eigenvalue weighted by Crippen LogP contribution is 2.16. The minimum Gasteiger partial charge on any atom is -0.368 e. The van der Waals surface area contributed by atoms with Crippen LogP contribution in [0.3, 0.4) is 0 Å². The molecule has 5 heteroatoms. The fraction of sp³-hybridized carbons (Fsp3) is 0.588. The molecule has 0 aromatic heterocycles. The molecule has 0 saturated carbocycles. The van der Waals surface area contributed by atoms with E-state index in [0.717, 1.165) is 51.3 Å². The lowest BCUT2D eigenvalue weighted by molar-refractivity contribution is -0.124. The summed E-state index contributed by atoms with van der Waals surface area (Å²) in [7, 11) is 2.17. The maximum Gasteiger partial charge on any atom is 0.253 e. The van der Waals surface area contributed by atoms with Crippen LogP contribution in [0.5, 0.6) is 0 Å². The summed E-state index contributed by atoms with van der Waals surface area (Å²) in [5, 5.41) is 2.94. The van der Waals surface area contributed by atoms with Crippen LogP contribution in [-0.2, 0) is 16.1 Å². The van der Waals surface area contributed by atoms with Crippen LogP contribution in [0.2, 0.25) is 0 Å². The number of nitrogens with one attached hydrogen (secondary N) is 1. The number of carbonyl (C=O) groups is 1. The van der Waals surface area contributed by atoms with Crippen LogP contribution >= 0.6 is 0 Å². The lowest BCUT2D eigenvalue weighted by Gasteiger charge is -2.32. The lowest BCUT2D eigenvalue weighted by atomic mass is 10.1. The lowest BCUT2D eigenvalue weighted by Crippen LogP contribution is -2.43. The molecule has 2 saturated heterocycles. The zero-order valence-corrected chi connectivity index (χ0v) is 13.3. The van der Waals surface area contributed by atoms with Gasteiger partial charge in [-0.3, -0.25) is 9.69 Å². The normalized spacial score (nSPS) is 23.6. The number of hydrogen-bond acceptors (Lipinski definition) is 4. The molecule has 1 unspecified atom stereocenters. The van der Waals surface area contributed by atoms with Gasteiger partial charge >= 0.3 is 0 Å². The van der Waals surface area contributed by atoms with Crippen molar-refractivity contribution in [3.8, 4) is 0 Å². The Balaban J connectivity index is 1.50. The molecule has 0 radical (unpaired) electrons. The van der Waals surface area contributed by atoms with Gasteiger partial charge in [-0.2, -0.15) is 0 Å². The molecule has 5 nitrogen and oxygen atoms in total. The second-order valence-corrected chi connectivity index (χ2v) is 6.27. The fourth-order valence-electron chi connectivity index (χ4n) is 2.96. The Labute approximate surface area is 132 Å². The molecule has 2 heterocycles. The molecule has 2 fully saturated rings. The smallest absolute Gasteiger partial charge is 0.253 e. The molecule has 3 rings (SSSR count). The van der Waals surface area contributed by atoms with Crippen molar-refractivity contribution in [3.05, 3.63) is 29.8 Å². The molecule has 0 spiro atoms. The van der Waals surface area contributed by atoms with Gasteiger partial charge in [0.05, 0.1) is 0 Å². The van der Waals surface area contributed by atoms with Crippen LogP contribution in [-0.4, -0.2) is 61.6 Å². The van der Waals surface area contributed by atoms with Crippen molar-refractivity contribution in [1.29, 1.82) is 0 Å². The monoisotopic (exact) mass is 303 g/mol. The summed E-state index contributed by atoms with van der Waals surface area (Å²) in [6, 6.07) is 8.17. The van der Waals surface area contributed by atoms with E-state index >= 15 is 0 Å². The first kappa shape index (κ1) is 15.5. The Kier molecular flexibility index (Phi) is 5.08. The van der Waals surface area contributed by atoms with Gasteiger partial charge in [-0.15, -0.1) is 0 Å². The minimum atomic E-state index is -0.273. The van der Waals surface area contributed by atoms with E-state index in [1.807, 2.05) is 12.1 Å². The van der Waals surface area contributed by atoms with E-state index in [-0.39, 0.29) is 12.0 Å². The van der Waals surface area contributed by atoms with Crippen molar-refractivity contribution in [2.24, 2.45) is 0 Å². The molecule has 2 aliphatic rings. The number of piperazine rings is 1. The van der Waals surface area contributed by atoms with Crippen LogP contribution in [0, 0.1) is 0 Å². The van der Waals surface area contributed by atoms with E-state index in [4.69, 9.17) is 4.74 Å². The molecule has 0 bridgehead atoms. The number of amides is 1. The standard InChI is InChI=1S/C17H25N3O2/c1-19-8-10-20(11-9-19)13-14-4-6-15(7-5-14)18-17(21)16-3-2-12-22-16/h4-7,16H,2-3,8-13H2,1H3,(H,18,21). The summed E-state index contributed by atoms with van der Waals surface area (Å²) in [5.41, 5.74) is 2.14. The number of carbonyl (C=O) groups excluding carboxylic acids is 1. The number of nitrogens with zero attached hydrogens (tertiary/aromatic N) is 2. The summed E-state index contributed by atoms with van der Waals surface area (Å²) in [4.78, 5) is 16.8. The topological polar surface area (TPSA) is 44.8 Å². The summed E-state index contributed by atoms with van der Waals surface area (Å²) < 4.78 is 5.40. The highest BCUT2D eigenvalue weighted by atomic mass is 16.5. The van der Waals surface area contributed by atoms with E-state index in [9.17, 15) is 4.79 Å². The Morgan fingerprint density at radius 3 is 2.59 bits per heavy atom. The number of anilines is 1. The molecule has 0 aliphatic carbocycles. The van der Waals surface area contributed by atoms with Crippen LogP contribution < -0.4 is 5.32 Å². The summed E-state index contributed by atoms with van der Waals surface area (Å²) in [6.07, 6.45) is 1.53. The average Bonchev–Trinajstić information content (AvgIpc) is 3.06. The van der Waals surface area contributed by atoms with Crippen molar-refractivity contribution in [1.82, 2.24) is 9.80 Å². The summed E-state index contributed by atoms with van der Waals surface area (Å²) >= 11 is 0. The summed E-state index contributed by atoms with van der Waals surface area (Å²) in [5.74, 6) is -0.0238. The van der Waals surface area contributed by atoms with Gasteiger partial charge in [-0.05, 0) is 37.6 Å². The van der Waals surface area contributed by atoms with E-state index in [1.54, 1.807) is 0 Å². The quantitative estimate of drug-likeness (QED) is 0.917. The predicted molar refractivity (Wildman–Crippen MR) is 86.8 cm³/mol. The minimum absolute atomic E-state index is 0.0238. The van der Waals surface area contributed by atoms with Crippen molar-refractivity contribution in [3.63, 3.8) is 0 Å². The fourth-order valence-corrected chi connectivity index (χ4v) is 2.96. The first-order valence-electron chi connectivity index (χ1n) is 8.13. The third-order valence-corrected chi connectivity index (χ3v) is 4.45. The van der Waals surface area contributed by atoms with Gasteiger partial charge in [0.25, 0.3) is 5.91 Å². The predicted octanol–water partition coefficient (Wildman–Crippen LogP) is 1.55. The maximum absolute atomic E-state index is 12.0. The van der Waals surface area contributed by atoms with E-state index in [2.05, 4.69) is 34.3 Å². The van der Waals surface area contributed by atoms with Crippen LogP contribution in [0.15, 0.2) is 24.3 Å². The van der Waals surface area contributed by atoms with Crippen LogP contribution in [0.1, 0.15) is 18.4 Å². The molecule has 1 aromatic carbocycles. The third kappa shape index (κ3) is 4.06. The first-order valence-corrected chi connectivity index (χ1v) is 8.13. The second-order valence-electron chi connectivity index (χ2n) is 6.27. The Bertz CT molecular complexity index is 489. The zero-order chi connectivity index (χ0) is 15.4. The van der Waals surface area contributed by atoms with Crippen molar-refractivity contribution in [2.45, 2.75) is 25.5 Å². The Morgan fingerprint density at radius 2 is 1.95 bits per heavy atom. The molecular weight excluding hydrogens is 278 g/mol. The van der Waals surface area contributed by atoms with Gasteiger partial charge in [0.2, 0.25) is 0 Å². The highest BCUT2D eigenvalue weighted by molar-refractivity contribution is 5.94. The van der Waals surface area contributed by atoms with Crippen molar-refractivity contribution in [2.75, 3.05) is 45.2 Å². The largest absolute Gasteiger partial charge is 0.368 e. The number of benzene rings is 1. The van der Waals surface area contributed by atoms with Crippen molar-refractivity contribution < 1.29 is 9.53 Å². The number of ether oxygens (including phenoxy) is 1. The van der Waals surface area contributed by atoms with Gasteiger partial charge in [0.15, 0.2) is 0 Å². The Morgan fingerprint density at radius 1 is 1.23 bits per heavy atom. The number of likely N-dealkylation sites (N-methyl/N-ethyl adjacent to an activating group) is 1. The molecule has 120 valence electrons. The second kappa shape index (κ2) is 7.22. The SMILES string of the molecule is CN1CCN(Cc2ccc(NC(=O)C3CCCO3)cc2)CC1. The molecule has 1 aromatic rings. The van der Waals surface area contributed by atoms with Gasteiger partial charge in [0.1, 0.15) is 6.10 Å². The number of rotatable bonds is 4. The number of hydrogen-bond donors (Lipinski definition) is 1. The van der Waals surface area contributed by atoms with E-state index in [0.29, 0.717) is 6.61 Å². The average molecular weight is 303 g/mol. The molecular formula is C17H25N3O2. The van der Waals surface area contributed by atoms with E-state index < -0.39 is 0 Å². The summed E-state index contributed by atoms with van der Waals surface area (Å²) in [6.45, 7) is 6.18.